The largest absolute Gasteiger partial charge is 0.358 e. The predicted molar refractivity (Wildman–Crippen MR) is 83.5 cm³/mol. The molecule has 2 rings (SSSR count). The predicted octanol–water partition coefficient (Wildman–Crippen LogP) is 2.01. The molecule has 0 atom stereocenters. The number of benzene rings is 1. The summed E-state index contributed by atoms with van der Waals surface area (Å²) in [5.41, 5.74) is 3.13. The molecular formula is C13H12BrN5O3. The molecule has 0 bridgehead atoms. The lowest BCUT2D eigenvalue weighted by molar-refractivity contribution is -0.392. The molecule has 0 aliphatic carbocycles. The van der Waals surface area contributed by atoms with Gasteiger partial charge in [0, 0.05) is 11.4 Å². The summed E-state index contributed by atoms with van der Waals surface area (Å²) in [6.07, 6.45) is 2.60. The number of carbonyl (C=O) groups excluding carboxylic acids is 1. The second kappa shape index (κ2) is 6.94. The number of amides is 1. The van der Waals surface area contributed by atoms with Crippen LogP contribution in [-0.4, -0.2) is 26.6 Å². The molecule has 0 aliphatic rings. The number of halogens is 1. The van der Waals surface area contributed by atoms with Gasteiger partial charge in [-0.25, -0.2) is 15.0 Å². The third-order valence-corrected chi connectivity index (χ3v) is 3.27. The minimum Gasteiger partial charge on any atom is -0.358 e. The molecule has 2 aromatic rings. The summed E-state index contributed by atoms with van der Waals surface area (Å²) in [6.45, 7) is 1.36. The molecular weight excluding hydrogens is 354 g/mol. The van der Waals surface area contributed by atoms with Gasteiger partial charge in [0.15, 0.2) is 12.4 Å². The van der Waals surface area contributed by atoms with Gasteiger partial charge in [0.2, 0.25) is 0 Å². The van der Waals surface area contributed by atoms with E-state index in [1.807, 2.05) is 24.3 Å². The average molecular weight is 366 g/mol. The Balaban J connectivity index is 1.99. The van der Waals surface area contributed by atoms with Crippen LogP contribution in [0.5, 0.6) is 0 Å². The van der Waals surface area contributed by atoms with Crippen molar-refractivity contribution in [2.24, 2.45) is 5.10 Å². The van der Waals surface area contributed by atoms with Crippen LogP contribution in [0.4, 0.5) is 5.82 Å². The van der Waals surface area contributed by atoms with Crippen molar-refractivity contribution in [2.75, 3.05) is 0 Å². The van der Waals surface area contributed by atoms with Gasteiger partial charge in [-0.05, 0) is 22.6 Å². The Morgan fingerprint density at radius 3 is 3.05 bits per heavy atom. The summed E-state index contributed by atoms with van der Waals surface area (Å²) >= 11 is 3.33. The maximum Gasteiger partial charge on any atom is 0.343 e. The minimum atomic E-state index is -0.585. The number of nitro groups is 1. The summed E-state index contributed by atoms with van der Waals surface area (Å²) in [5.74, 6) is -0.322. The first kappa shape index (κ1) is 15.8. The Labute approximate surface area is 134 Å². The van der Waals surface area contributed by atoms with E-state index in [-0.39, 0.29) is 12.4 Å². The van der Waals surface area contributed by atoms with Gasteiger partial charge < -0.3 is 10.1 Å². The molecule has 0 fully saturated rings. The van der Waals surface area contributed by atoms with Crippen LogP contribution < -0.4 is 5.43 Å². The number of hydrazone groups is 1. The number of carbonyl (C=O) groups is 1. The number of aromatic nitrogens is 2. The molecule has 8 nitrogen and oxygen atoms in total. The van der Waals surface area contributed by atoms with Crippen molar-refractivity contribution in [1.82, 2.24) is 15.0 Å². The molecule has 1 N–H and O–H groups in total. The smallest absolute Gasteiger partial charge is 0.343 e. The van der Waals surface area contributed by atoms with Crippen LogP contribution in [0, 0.1) is 17.0 Å². The molecule has 114 valence electrons. The van der Waals surface area contributed by atoms with Gasteiger partial charge in [-0.3, -0.25) is 4.79 Å². The Bertz CT molecular complexity index is 741. The molecule has 0 radical (unpaired) electrons. The zero-order chi connectivity index (χ0) is 16.1. The first-order valence-electron chi connectivity index (χ1n) is 6.21. The average Bonchev–Trinajstić information content (AvgIpc) is 2.80. The van der Waals surface area contributed by atoms with E-state index in [4.69, 9.17) is 0 Å². The van der Waals surface area contributed by atoms with Crippen LogP contribution in [0.2, 0.25) is 0 Å². The number of nitrogens with zero attached hydrogens (tertiary/aromatic N) is 4. The summed E-state index contributed by atoms with van der Waals surface area (Å²) in [4.78, 5) is 25.9. The molecule has 1 aromatic carbocycles. The maximum atomic E-state index is 11.8. The Kier molecular flexibility index (Phi) is 4.99. The second-order valence-corrected chi connectivity index (χ2v) is 5.27. The molecule has 1 aromatic heterocycles. The molecule has 9 heteroatoms. The number of rotatable bonds is 5. The topological polar surface area (TPSA) is 102 Å². The van der Waals surface area contributed by atoms with E-state index in [2.05, 4.69) is 31.4 Å². The van der Waals surface area contributed by atoms with Gasteiger partial charge in [-0.2, -0.15) is 5.10 Å². The van der Waals surface area contributed by atoms with Crippen LogP contribution in [0.1, 0.15) is 11.4 Å². The number of imidazole rings is 1. The minimum absolute atomic E-state index is 0.224. The van der Waals surface area contributed by atoms with E-state index < -0.39 is 10.8 Å². The lowest BCUT2D eigenvalue weighted by Gasteiger charge is -2.01. The first-order valence-corrected chi connectivity index (χ1v) is 7.00. The SMILES string of the molecule is Cc1ncc([N+](=O)[O-])n1CC(=O)N/N=C/c1cccc(Br)c1. The third-order valence-electron chi connectivity index (χ3n) is 2.77. The monoisotopic (exact) mass is 365 g/mol. The number of hydrogen-bond donors (Lipinski definition) is 1. The molecule has 22 heavy (non-hydrogen) atoms. The molecule has 0 aliphatic heterocycles. The fourth-order valence-electron chi connectivity index (χ4n) is 1.74. The van der Waals surface area contributed by atoms with Crippen molar-refractivity contribution in [3.8, 4) is 0 Å². The third kappa shape index (κ3) is 3.98. The van der Waals surface area contributed by atoms with Crippen molar-refractivity contribution in [1.29, 1.82) is 0 Å². The van der Waals surface area contributed by atoms with Crippen molar-refractivity contribution in [3.63, 3.8) is 0 Å². The molecule has 0 saturated carbocycles. The van der Waals surface area contributed by atoms with Gasteiger partial charge in [0.25, 0.3) is 5.91 Å². The summed E-state index contributed by atoms with van der Waals surface area (Å²) < 4.78 is 2.11. The normalized spacial score (nSPS) is 10.8. The van der Waals surface area contributed by atoms with Crippen LogP contribution in [-0.2, 0) is 11.3 Å². The van der Waals surface area contributed by atoms with Crippen molar-refractivity contribution in [3.05, 3.63) is 56.4 Å². The van der Waals surface area contributed by atoms with Gasteiger partial charge in [0.1, 0.15) is 6.20 Å². The van der Waals surface area contributed by atoms with Crippen LogP contribution in [0.3, 0.4) is 0 Å². The molecule has 0 unspecified atom stereocenters. The van der Waals surface area contributed by atoms with Gasteiger partial charge in [0.05, 0.1) is 6.21 Å². The molecule has 1 amide bonds. The van der Waals surface area contributed by atoms with E-state index in [0.29, 0.717) is 5.82 Å². The highest BCUT2D eigenvalue weighted by Crippen LogP contribution is 2.13. The Morgan fingerprint density at radius 1 is 1.59 bits per heavy atom. The molecule has 0 spiro atoms. The Morgan fingerprint density at radius 2 is 2.36 bits per heavy atom. The zero-order valence-electron chi connectivity index (χ0n) is 11.6. The van der Waals surface area contributed by atoms with Crippen molar-refractivity contribution >= 4 is 33.9 Å². The highest BCUT2D eigenvalue weighted by Gasteiger charge is 2.19. The quantitative estimate of drug-likeness (QED) is 0.497. The fourth-order valence-corrected chi connectivity index (χ4v) is 2.16. The van der Waals surface area contributed by atoms with E-state index in [0.717, 1.165) is 16.2 Å². The van der Waals surface area contributed by atoms with E-state index in [1.54, 1.807) is 6.92 Å². The maximum absolute atomic E-state index is 11.8. The van der Waals surface area contributed by atoms with E-state index >= 15 is 0 Å². The summed E-state index contributed by atoms with van der Waals surface area (Å²) in [6, 6.07) is 7.37. The van der Waals surface area contributed by atoms with Crippen molar-refractivity contribution < 1.29 is 9.72 Å². The highest BCUT2D eigenvalue weighted by atomic mass is 79.9. The van der Waals surface area contributed by atoms with E-state index in [9.17, 15) is 14.9 Å². The van der Waals surface area contributed by atoms with Crippen LogP contribution in [0.25, 0.3) is 0 Å². The number of nitrogens with one attached hydrogen (secondary N) is 1. The molecule has 0 saturated heterocycles. The van der Waals surface area contributed by atoms with Crippen LogP contribution in [0.15, 0.2) is 40.0 Å². The van der Waals surface area contributed by atoms with Crippen molar-refractivity contribution in [2.45, 2.75) is 13.5 Å². The zero-order valence-corrected chi connectivity index (χ0v) is 13.1. The van der Waals surface area contributed by atoms with E-state index in [1.165, 1.54) is 10.8 Å². The fraction of sp³-hybridized carbons (Fsp3) is 0.154. The number of aryl methyl sites for hydroxylation is 1. The van der Waals surface area contributed by atoms with Gasteiger partial charge in [-0.15, -0.1) is 0 Å². The lowest BCUT2D eigenvalue weighted by atomic mass is 10.2. The molecule has 1 heterocycles. The lowest BCUT2D eigenvalue weighted by Crippen LogP contribution is -2.24. The summed E-state index contributed by atoms with van der Waals surface area (Å²) in [5, 5.41) is 14.6. The summed E-state index contributed by atoms with van der Waals surface area (Å²) in [7, 11) is 0. The van der Waals surface area contributed by atoms with Gasteiger partial charge >= 0.3 is 5.82 Å². The Hall–Kier alpha value is -2.55. The highest BCUT2D eigenvalue weighted by molar-refractivity contribution is 9.10. The first-order chi connectivity index (χ1) is 10.5. The number of hydrogen-bond acceptors (Lipinski definition) is 5. The second-order valence-electron chi connectivity index (χ2n) is 4.36. The van der Waals surface area contributed by atoms with Crippen LogP contribution >= 0.6 is 15.9 Å². The van der Waals surface area contributed by atoms with Gasteiger partial charge in [-0.1, -0.05) is 28.1 Å². The standard InChI is InChI=1S/C13H12BrN5O3/c1-9-15-7-13(19(21)22)18(9)8-12(20)17-16-6-10-3-2-4-11(14)5-10/h2-7H,8H2,1H3,(H,17,20)/b16-6+.